The zero-order valence-corrected chi connectivity index (χ0v) is 19.4. The van der Waals surface area contributed by atoms with E-state index in [0.29, 0.717) is 24.6 Å². The highest BCUT2D eigenvalue weighted by molar-refractivity contribution is 7.92. The van der Waals surface area contributed by atoms with Crippen molar-refractivity contribution < 1.29 is 22.7 Å². The Labute approximate surface area is 191 Å². The highest BCUT2D eigenvalue weighted by Crippen LogP contribution is 2.30. The van der Waals surface area contributed by atoms with Crippen molar-refractivity contribution in [2.45, 2.75) is 6.42 Å². The van der Waals surface area contributed by atoms with Gasteiger partial charge in [0.2, 0.25) is 15.9 Å². The van der Waals surface area contributed by atoms with Gasteiger partial charge in [-0.15, -0.1) is 0 Å². The average molecular weight is 488 g/mol. The molecule has 2 aromatic carbocycles. The van der Waals surface area contributed by atoms with E-state index >= 15 is 0 Å². The van der Waals surface area contributed by atoms with Crippen LogP contribution in [0.15, 0.2) is 42.5 Å². The number of halogens is 2. The van der Waals surface area contributed by atoms with Gasteiger partial charge in [0.05, 0.1) is 28.2 Å². The molecule has 31 heavy (non-hydrogen) atoms. The molecule has 0 aliphatic carbocycles. The quantitative estimate of drug-likeness (QED) is 0.500. The third kappa shape index (κ3) is 7.39. The number of ether oxygens (including phenoxy) is 1. The van der Waals surface area contributed by atoms with Gasteiger partial charge in [0.15, 0.2) is 0 Å². The predicted molar refractivity (Wildman–Crippen MR) is 123 cm³/mol. The Morgan fingerprint density at radius 2 is 1.84 bits per heavy atom. The summed E-state index contributed by atoms with van der Waals surface area (Å²) in [6.07, 6.45) is 1.61. The van der Waals surface area contributed by atoms with Crippen LogP contribution in [0, 0.1) is 0 Å². The Morgan fingerprint density at radius 3 is 2.48 bits per heavy atom. The van der Waals surface area contributed by atoms with Crippen molar-refractivity contribution in [1.29, 1.82) is 0 Å². The third-order valence-electron chi connectivity index (χ3n) is 4.12. The van der Waals surface area contributed by atoms with Crippen LogP contribution < -0.4 is 14.9 Å². The van der Waals surface area contributed by atoms with Crippen LogP contribution in [-0.2, 0) is 19.6 Å². The van der Waals surface area contributed by atoms with E-state index in [2.05, 4.69) is 10.6 Å². The van der Waals surface area contributed by atoms with Gasteiger partial charge in [-0.2, -0.15) is 0 Å². The number of amides is 2. The lowest BCUT2D eigenvalue weighted by molar-refractivity contribution is -0.114. The molecule has 0 heterocycles. The van der Waals surface area contributed by atoms with E-state index in [-0.39, 0.29) is 27.9 Å². The lowest BCUT2D eigenvalue weighted by Crippen LogP contribution is -2.38. The lowest BCUT2D eigenvalue weighted by atomic mass is 10.1. The summed E-state index contributed by atoms with van der Waals surface area (Å²) in [6, 6.07) is 10.7. The topological polar surface area (TPSA) is 105 Å². The lowest BCUT2D eigenvalue weighted by Gasteiger charge is -2.23. The fourth-order valence-electron chi connectivity index (χ4n) is 2.69. The maximum absolute atomic E-state index is 12.7. The highest BCUT2D eigenvalue weighted by Gasteiger charge is 2.24. The zero-order valence-electron chi connectivity index (χ0n) is 17.0. The number of anilines is 2. The minimum absolute atomic E-state index is 0.0848. The number of rotatable bonds is 10. The molecule has 0 radical (unpaired) electrons. The fraction of sp³-hybridized carbons (Fsp3) is 0.300. The van der Waals surface area contributed by atoms with Crippen LogP contribution in [0.25, 0.3) is 0 Å². The summed E-state index contributed by atoms with van der Waals surface area (Å²) in [5, 5.41) is 5.76. The van der Waals surface area contributed by atoms with Gasteiger partial charge in [-0.25, -0.2) is 8.42 Å². The molecule has 0 unspecified atom stereocenters. The summed E-state index contributed by atoms with van der Waals surface area (Å²) in [5.74, 6) is -1.01. The molecule has 0 atom stereocenters. The Bertz CT molecular complexity index is 1050. The molecule has 0 aliphatic rings. The number of methoxy groups -OCH3 is 1. The van der Waals surface area contributed by atoms with Crippen molar-refractivity contribution in [3.63, 3.8) is 0 Å². The molecule has 0 aliphatic heterocycles. The van der Waals surface area contributed by atoms with Crippen LogP contribution in [-0.4, -0.2) is 53.3 Å². The number of para-hydroxylation sites is 1. The summed E-state index contributed by atoms with van der Waals surface area (Å²) in [7, 11) is -2.26. The van der Waals surface area contributed by atoms with E-state index in [1.807, 2.05) is 0 Å². The van der Waals surface area contributed by atoms with Gasteiger partial charge in [-0.3, -0.25) is 13.9 Å². The van der Waals surface area contributed by atoms with Gasteiger partial charge in [0.1, 0.15) is 6.54 Å². The van der Waals surface area contributed by atoms with Crippen LogP contribution in [0.4, 0.5) is 11.4 Å². The summed E-state index contributed by atoms with van der Waals surface area (Å²) in [5.41, 5.74) is 0.629. The van der Waals surface area contributed by atoms with Gasteiger partial charge in [0.25, 0.3) is 5.91 Å². The predicted octanol–water partition coefficient (Wildman–Crippen LogP) is 3.16. The van der Waals surface area contributed by atoms with Crippen LogP contribution in [0.5, 0.6) is 0 Å². The van der Waals surface area contributed by atoms with Gasteiger partial charge in [-0.1, -0.05) is 35.3 Å². The first-order valence-corrected chi connectivity index (χ1v) is 11.8. The second-order valence-electron chi connectivity index (χ2n) is 6.56. The van der Waals surface area contributed by atoms with E-state index < -0.39 is 22.5 Å². The van der Waals surface area contributed by atoms with Crippen molar-refractivity contribution in [2.75, 3.05) is 42.7 Å². The molecule has 168 valence electrons. The number of nitrogens with one attached hydrogen (secondary N) is 2. The van der Waals surface area contributed by atoms with E-state index in [1.54, 1.807) is 31.4 Å². The molecule has 0 fully saturated rings. The molecule has 0 bridgehead atoms. The van der Waals surface area contributed by atoms with Crippen LogP contribution in [0.3, 0.4) is 0 Å². The molecule has 8 nitrogen and oxygen atoms in total. The van der Waals surface area contributed by atoms with Crippen molar-refractivity contribution in [2.24, 2.45) is 0 Å². The van der Waals surface area contributed by atoms with Gasteiger partial charge >= 0.3 is 0 Å². The molecule has 11 heteroatoms. The summed E-state index contributed by atoms with van der Waals surface area (Å²) < 4.78 is 30.4. The maximum Gasteiger partial charge on any atom is 0.253 e. The molecule has 2 amide bonds. The monoisotopic (exact) mass is 487 g/mol. The van der Waals surface area contributed by atoms with Crippen LogP contribution in [0.2, 0.25) is 10.0 Å². The molecular weight excluding hydrogens is 465 g/mol. The second-order valence-corrected chi connectivity index (χ2v) is 9.31. The number of carbonyl (C=O) groups is 2. The minimum atomic E-state index is -3.83. The number of carbonyl (C=O) groups excluding carboxylic acids is 2. The molecule has 0 saturated heterocycles. The third-order valence-corrected chi connectivity index (χ3v) is 5.79. The summed E-state index contributed by atoms with van der Waals surface area (Å²) in [6.45, 7) is 0.378. The van der Waals surface area contributed by atoms with Crippen molar-refractivity contribution in [1.82, 2.24) is 5.32 Å². The molecule has 2 rings (SSSR count). The summed E-state index contributed by atoms with van der Waals surface area (Å²) >= 11 is 12.0. The summed E-state index contributed by atoms with van der Waals surface area (Å²) in [4.78, 5) is 25.1. The zero-order chi connectivity index (χ0) is 23.0. The average Bonchev–Trinajstić information content (AvgIpc) is 2.69. The SMILES string of the molecule is COCCCNC(=O)c1ccccc1NC(=O)CN(c1ccc(Cl)cc1Cl)S(C)(=O)=O. The number of hydrogen-bond acceptors (Lipinski definition) is 5. The van der Waals surface area contributed by atoms with Crippen molar-refractivity contribution in [3.05, 3.63) is 58.1 Å². The number of hydrogen-bond donors (Lipinski definition) is 2. The Hall–Kier alpha value is -2.33. The van der Waals surface area contributed by atoms with Crippen LogP contribution in [0.1, 0.15) is 16.8 Å². The van der Waals surface area contributed by atoms with Crippen molar-refractivity contribution in [3.8, 4) is 0 Å². The Kier molecular flexibility index (Phi) is 9.12. The number of benzene rings is 2. The standard InChI is InChI=1S/C20H23Cl2N3O5S/c1-30-11-5-10-23-20(27)15-6-3-4-7-17(15)24-19(26)13-25(31(2,28)29)18-9-8-14(21)12-16(18)22/h3-4,6-9,12H,5,10-11,13H2,1-2H3,(H,23,27)(H,24,26). The second kappa shape index (κ2) is 11.3. The first-order valence-electron chi connectivity index (χ1n) is 9.22. The Morgan fingerprint density at radius 1 is 1.13 bits per heavy atom. The highest BCUT2D eigenvalue weighted by atomic mass is 35.5. The largest absolute Gasteiger partial charge is 0.385 e. The first kappa shape index (κ1) is 24.9. The minimum Gasteiger partial charge on any atom is -0.385 e. The van der Waals surface area contributed by atoms with Crippen molar-refractivity contribution >= 4 is 56.4 Å². The normalized spacial score (nSPS) is 11.1. The molecule has 0 saturated carbocycles. The molecule has 0 spiro atoms. The number of nitrogens with zero attached hydrogens (tertiary/aromatic N) is 1. The maximum atomic E-state index is 12.7. The van der Waals surface area contributed by atoms with E-state index in [9.17, 15) is 18.0 Å². The molecule has 0 aromatic heterocycles. The van der Waals surface area contributed by atoms with E-state index in [0.717, 1.165) is 10.6 Å². The molecule has 2 aromatic rings. The van der Waals surface area contributed by atoms with Gasteiger partial charge < -0.3 is 15.4 Å². The van der Waals surface area contributed by atoms with Crippen LogP contribution >= 0.6 is 23.2 Å². The molecular formula is C20H23Cl2N3O5S. The van der Waals surface area contributed by atoms with E-state index in [4.69, 9.17) is 27.9 Å². The van der Waals surface area contributed by atoms with Gasteiger partial charge in [-0.05, 0) is 36.8 Å². The first-order chi connectivity index (χ1) is 14.6. The molecule has 2 N–H and O–H groups in total. The smallest absolute Gasteiger partial charge is 0.253 e. The number of sulfonamides is 1. The van der Waals surface area contributed by atoms with E-state index in [1.165, 1.54) is 18.2 Å². The fourth-order valence-corrected chi connectivity index (χ4v) is 4.12. The van der Waals surface area contributed by atoms with Gasteiger partial charge in [0, 0.05) is 25.3 Å². The Balaban J connectivity index is 2.18.